The van der Waals surface area contributed by atoms with Crippen molar-refractivity contribution < 1.29 is 9.13 Å². The lowest BCUT2D eigenvalue weighted by molar-refractivity contribution is -0.584. The molecule has 164 valence electrons. The van der Waals surface area contributed by atoms with Crippen LogP contribution in [-0.2, 0) is 5.41 Å². The number of rotatable bonds is 2. The molecule has 0 aliphatic rings. The van der Waals surface area contributed by atoms with Crippen LogP contribution in [0.25, 0.3) is 33.2 Å². The summed E-state index contributed by atoms with van der Waals surface area (Å²) in [5, 5.41) is 2.50. The van der Waals surface area contributed by atoms with Gasteiger partial charge in [0.15, 0.2) is 11.4 Å². The van der Waals surface area contributed by atoms with E-state index in [1.165, 1.54) is 55.7 Å². The molecule has 2 heteroatoms. The van der Waals surface area contributed by atoms with Crippen LogP contribution in [0.1, 0.15) is 43.3 Å². The Balaban J connectivity index is 1.93. The van der Waals surface area contributed by atoms with Crippen molar-refractivity contribution in [2.45, 2.75) is 47.0 Å². The zero-order valence-electron chi connectivity index (χ0n) is 20.5. The van der Waals surface area contributed by atoms with Crippen molar-refractivity contribution in [2.24, 2.45) is 0 Å². The second kappa shape index (κ2) is 7.81. The minimum atomic E-state index is 0.0231. The molecule has 0 aliphatic carbocycles. The molecule has 5 rings (SSSR count). The first-order valence-corrected chi connectivity index (χ1v) is 11.7. The first-order valence-electron chi connectivity index (χ1n) is 11.7. The molecule has 5 aromatic rings. The lowest BCUT2D eigenvalue weighted by atomic mass is 9.85. The Morgan fingerprint density at radius 2 is 0.970 bits per heavy atom. The number of fused-ring (bicyclic) bond motifs is 2. The van der Waals surface area contributed by atoms with Gasteiger partial charge >= 0.3 is 0 Å². The molecule has 2 heterocycles. The van der Waals surface area contributed by atoms with Crippen molar-refractivity contribution in [2.75, 3.05) is 0 Å². The van der Waals surface area contributed by atoms with Crippen LogP contribution in [0.5, 0.6) is 0 Å². The molecule has 0 unspecified atom stereocenters. The summed E-state index contributed by atoms with van der Waals surface area (Å²) >= 11 is 0. The zero-order chi connectivity index (χ0) is 23.3. The molecule has 3 aromatic carbocycles. The zero-order valence-corrected chi connectivity index (χ0v) is 20.5. The minimum Gasteiger partial charge on any atom is -0.157 e. The number of benzene rings is 3. The molecule has 33 heavy (non-hydrogen) atoms. The number of pyridine rings is 2. The SMILES string of the molecule is Cc1c(-[n+]2c(C)ccc3ccccc32)cc(C(C)(C)C)cc1-[n+]1c(C)ccc2ccccc21. The summed E-state index contributed by atoms with van der Waals surface area (Å²) in [6, 6.07) is 31.0. The summed E-state index contributed by atoms with van der Waals surface area (Å²) in [6.45, 7) is 13.6. The Morgan fingerprint density at radius 3 is 1.39 bits per heavy atom. The topological polar surface area (TPSA) is 7.76 Å². The second-order valence-electron chi connectivity index (χ2n) is 10.1. The number of hydrogen-bond donors (Lipinski definition) is 0. The van der Waals surface area contributed by atoms with Crippen LogP contribution < -0.4 is 9.13 Å². The number of para-hydroxylation sites is 2. The molecule has 2 aromatic heterocycles. The number of aryl methyl sites for hydroxylation is 2. The van der Waals surface area contributed by atoms with E-state index in [0.29, 0.717) is 0 Å². The number of nitrogens with zero attached hydrogens (tertiary/aromatic N) is 2. The third-order valence-corrected chi connectivity index (χ3v) is 6.77. The Kier molecular flexibility index (Phi) is 5.05. The molecule has 0 saturated heterocycles. The number of hydrogen-bond acceptors (Lipinski definition) is 0. The molecular weight excluding hydrogens is 400 g/mol. The van der Waals surface area contributed by atoms with Gasteiger partial charge in [0.2, 0.25) is 22.4 Å². The number of aromatic nitrogens is 2. The highest BCUT2D eigenvalue weighted by molar-refractivity contribution is 5.77. The third-order valence-electron chi connectivity index (χ3n) is 6.77. The predicted octanol–water partition coefficient (Wildman–Crippen LogP) is 6.77. The van der Waals surface area contributed by atoms with Crippen molar-refractivity contribution in [3.05, 3.63) is 107 Å². The van der Waals surface area contributed by atoms with Crippen molar-refractivity contribution >= 4 is 21.8 Å². The maximum atomic E-state index is 2.42. The molecule has 0 atom stereocenters. The summed E-state index contributed by atoms with van der Waals surface area (Å²) in [5.41, 5.74) is 10.0. The smallest absolute Gasteiger partial charge is 0.157 e. The molecule has 0 spiro atoms. The van der Waals surface area contributed by atoms with Crippen molar-refractivity contribution in [1.82, 2.24) is 0 Å². The Labute approximate surface area is 196 Å². The molecule has 0 saturated carbocycles. The van der Waals surface area contributed by atoms with Crippen molar-refractivity contribution in [1.29, 1.82) is 0 Å². The van der Waals surface area contributed by atoms with Gasteiger partial charge in [-0.15, -0.1) is 0 Å². The van der Waals surface area contributed by atoms with Crippen LogP contribution in [0.15, 0.2) is 84.9 Å². The van der Waals surface area contributed by atoms with Gasteiger partial charge in [-0.05, 0) is 42.2 Å². The Bertz CT molecular complexity index is 1410. The van der Waals surface area contributed by atoms with Crippen LogP contribution in [0, 0.1) is 20.8 Å². The van der Waals surface area contributed by atoms with E-state index in [1.807, 2.05) is 0 Å². The quantitative estimate of drug-likeness (QED) is 0.272. The third kappa shape index (κ3) is 3.60. The predicted molar refractivity (Wildman–Crippen MR) is 137 cm³/mol. The molecule has 0 N–H and O–H groups in total. The van der Waals surface area contributed by atoms with Gasteiger partial charge < -0.3 is 0 Å². The standard InChI is InChI=1S/C31H32N2/c1-21-15-17-24-11-7-9-13-27(24)32(21)29-19-26(31(4,5)6)20-30(23(29)3)33-22(2)16-18-25-12-8-10-14-28(25)33/h7-20H,1-6H3/q+2. The van der Waals surface area contributed by atoms with E-state index in [-0.39, 0.29) is 5.41 Å². The van der Waals surface area contributed by atoms with Gasteiger partial charge in [-0.3, -0.25) is 0 Å². The minimum absolute atomic E-state index is 0.0231. The first-order chi connectivity index (χ1) is 15.8. The van der Waals surface area contributed by atoms with E-state index in [9.17, 15) is 0 Å². The van der Waals surface area contributed by atoms with Crippen molar-refractivity contribution in [3.8, 4) is 11.4 Å². The molecular formula is C31H32N2+2. The van der Waals surface area contributed by atoms with Crippen LogP contribution >= 0.6 is 0 Å². The fourth-order valence-electron chi connectivity index (χ4n) is 4.84. The van der Waals surface area contributed by atoms with Gasteiger partial charge in [0.1, 0.15) is 0 Å². The lowest BCUT2D eigenvalue weighted by Crippen LogP contribution is -2.41. The second-order valence-corrected chi connectivity index (χ2v) is 10.1. The van der Waals surface area contributed by atoms with Gasteiger partial charge in [-0.1, -0.05) is 45.0 Å². The van der Waals surface area contributed by atoms with Crippen LogP contribution in [0.2, 0.25) is 0 Å². The Hall–Kier alpha value is -3.52. The molecule has 0 bridgehead atoms. The summed E-state index contributed by atoms with van der Waals surface area (Å²) < 4.78 is 4.84. The van der Waals surface area contributed by atoms with Gasteiger partial charge in [0.25, 0.3) is 0 Å². The van der Waals surface area contributed by atoms with Crippen molar-refractivity contribution in [3.63, 3.8) is 0 Å². The lowest BCUT2D eigenvalue weighted by Gasteiger charge is -2.21. The maximum Gasteiger partial charge on any atom is 0.221 e. The molecule has 0 amide bonds. The average molecular weight is 433 g/mol. The fraction of sp³-hybridized carbons (Fsp3) is 0.226. The maximum absolute atomic E-state index is 2.42. The van der Waals surface area contributed by atoms with E-state index in [0.717, 1.165) is 0 Å². The molecule has 0 aliphatic heterocycles. The highest BCUT2D eigenvalue weighted by Crippen LogP contribution is 2.29. The summed E-state index contributed by atoms with van der Waals surface area (Å²) in [5.74, 6) is 0. The van der Waals surface area contributed by atoms with Crippen LogP contribution in [0.3, 0.4) is 0 Å². The monoisotopic (exact) mass is 432 g/mol. The molecule has 0 radical (unpaired) electrons. The van der Waals surface area contributed by atoms with Gasteiger partial charge in [-0.2, -0.15) is 9.13 Å². The van der Waals surface area contributed by atoms with E-state index in [1.54, 1.807) is 0 Å². The van der Waals surface area contributed by atoms with E-state index < -0.39 is 0 Å². The first kappa shape index (κ1) is 21.3. The Morgan fingerprint density at radius 1 is 0.545 bits per heavy atom. The van der Waals surface area contributed by atoms with Gasteiger partial charge in [0.05, 0.1) is 5.56 Å². The average Bonchev–Trinajstić information content (AvgIpc) is 2.79. The van der Waals surface area contributed by atoms with E-state index in [2.05, 4.69) is 136 Å². The summed E-state index contributed by atoms with van der Waals surface area (Å²) in [7, 11) is 0. The van der Waals surface area contributed by atoms with Gasteiger partial charge in [0, 0.05) is 61.0 Å². The summed E-state index contributed by atoms with van der Waals surface area (Å²) in [4.78, 5) is 0. The fourth-order valence-corrected chi connectivity index (χ4v) is 4.84. The van der Waals surface area contributed by atoms with Gasteiger partial charge in [-0.25, -0.2) is 0 Å². The highest BCUT2D eigenvalue weighted by Gasteiger charge is 2.29. The molecule has 2 nitrogen and oxygen atoms in total. The van der Waals surface area contributed by atoms with Crippen LogP contribution in [-0.4, -0.2) is 0 Å². The summed E-state index contributed by atoms with van der Waals surface area (Å²) in [6.07, 6.45) is 0. The van der Waals surface area contributed by atoms with E-state index >= 15 is 0 Å². The van der Waals surface area contributed by atoms with Crippen LogP contribution in [0.4, 0.5) is 0 Å². The largest absolute Gasteiger partial charge is 0.221 e. The van der Waals surface area contributed by atoms with E-state index in [4.69, 9.17) is 0 Å². The normalized spacial score (nSPS) is 11.9. The highest BCUT2D eigenvalue weighted by atomic mass is 15.0. The molecule has 0 fully saturated rings.